The van der Waals surface area contributed by atoms with Crippen molar-refractivity contribution in [1.82, 2.24) is 0 Å². The molecule has 0 aromatic heterocycles. The second kappa shape index (κ2) is 10.5. The Hall–Kier alpha value is -3.22. The first-order chi connectivity index (χ1) is 10.7. The van der Waals surface area contributed by atoms with Crippen LogP contribution in [0.25, 0.3) is 0 Å². The zero-order chi connectivity index (χ0) is 17.8. The molecule has 0 aliphatic carbocycles. The molecule has 0 aliphatic rings. The monoisotopic (exact) mass is 322 g/mol. The minimum Gasteiger partial charge on any atom is -0.508 e. The lowest BCUT2D eigenvalue weighted by molar-refractivity contribution is -0.135. The lowest BCUT2D eigenvalue weighted by atomic mass is 10.3. The fraction of sp³-hybridized carbons (Fsp3) is 0.125. The third-order valence-electron chi connectivity index (χ3n) is 1.91. The van der Waals surface area contributed by atoms with Gasteiger partial charge in [0.05, 0.1) is 0 Å². The van der Waals surface area contributed by atoms with E-state index in [0.717, 1.165) is 13.8 Å². The Balaban J connectivity index is 0.000000509. The summed E-state index contributed by atoms with van der Waals surface area (Å²) in [6.45, 7) is 2.17. The minimum atomic E-state index is -0.833. The van der Waals surface area contributed by atoms with E-state index in [1.807, 2.05) is 18.2 Å². The van der Waals surface area contributed by atoms with Gasteiger partial charge in [0.25, 0.3) is 11.9 Å². The Bertz CT molecular complexity index is 604. The number of hydrogen-bond donors (Lipinski definition) is 4. The Morgan fingerprint density at radius 2 is 1.35 bits per heavy atom. The quantitative estimate of drug-likeness (QED) is 0.626. The van der Waals surface area contributed by atoms with E-state index in [1.165, 1.54) is 18.2 Å². The second-order valence-corrected chi connectivity index (χ2v) is 4.11. The van der Waals surface area contributed by atoms with Gasteiger partial charge in [-0.1, -0.05) is 18.2 Å². The molecule has 7 heteroatoms. The van der Waals surface area contributed by atoms with Crippen LogP contribution in [-0.4, -0.2) is 32.4 Å². The molecular weight excluding hydrogens is 304 g/mol. The maximum atomic E-state index is 9.46. The summed E-state index contributed by atoms with van der Waals surface area (Å²) in [5, 5.41) is 33.5. The number of benzene rings is 2. The number of aromatic hydroxyl groups is 2. The second-order valence-electron chi connectivity index (χ2n) is 4.11. The Labute approximate surface area is 133 Å². The topological polar surface area (TPSA) is 124 Å². The van der Waals surface area contributed by atoms with E-state index in [0.29, 0.717) is 5.75 Å². The minimum absolute atomic E-state index is 0.00310. The molecule has 0 saturated heterocycles. The molecule has 2 aromatic carbocycles. The van der Waals surface area contributed by atoms with Crippen LogP contribution in [0.3, 0.4) is 0 Å². The van der Waals surface area contributed by atoms with Crippen LogP contribution in [0.4, 0.5) is 0 Å². The summed E-state index contributed by atoms with van der Waals surface area (Å²) >= 11 is 0. The van der Waals surface area contributed by atoms with E-state index in [1.54, 1.807) is 12.1 Å². The molecule has 124 valence electrons. The summed E-state index contributed by atoms with van der Waals surface area (Å²) < 4.78 is 5.38. The number of carboxylic acids is 2. The third kappa shape index (κ3) is 11.1. The van der Waals surface area contributed by atoms with E-state index in [2.05, 4.69) is 0 Å². The van der Waals surface area contributed by atoms with Crippen molar-refractivity contribution in [3.63, 3.8) is 0 Å². The molecule has 2 rings (SSSR count). The van der Waals surface area contributed by atoms with Crippen molar-refractivity contribution in [3.05, 3.63) is 48.5 Å². The number of carboxylic acid groups (broad SMARTS) is 2. The van der Waals surface area contributed by atoms with Crippen molar-refractivity contribution in [2.24, 2.45) is 0 Å². The maximum Gasteiger partial charge on any atom is 0.300 e. The molecule has 2 aromatic rings. The molecule has 7 nitrogen and oxygen atoms in total. The number of aliphatic carboxylic acids is 2. The average molecular weight is 322 g/mol. The van der Waals surface area contributed by atoms with E-state index >= 15 is 0 Å². The van der Waals surface area contributed by atoms with Gasteiger partial charge in [-0.3, -0.25) is 9.59 Å². The summed E-state index contributed by atoms with van der Waals surface area (Å²) in [5.74, 6) is -0.769. The van der Waals surface area contributed by atoms with Crippen LogP contribution in [0, 0.1) is 0 Å². The number of ether oxygens (including phenoxy) is 1. The first-order valence-electron chi connectivity index (χ1n) is 6.36. The van der Waals surface area contributed by atoms with Crippen LogP contribution in [0.1, 0.15) is 13.8 Å². The molecule has 0 unspecified atom stereocenters. The molecule has 0 amide bonds. The molecule has 0 radical (unpaired) electrons. The highest BCUT2D eigenvalue weighted by Gasteiger charge is 2.04. The van der Waals surface area contributed by atoms with Gasteiger partial charge >= 0.3 is 0 Å². The maximum absolute atomic E-state index is 9.46. The molecule has 0 spiro atoms. The molecular formula is C16H18O7. The number of phenolic OH excluding ortho intramolecular Hbond substituents is 2. The highest BCUT2D eigenvalue weighted by Crippen LogP contribution is 2.33. The van der Waals surface area contributed by atoms with Gasteiger partial charge in [-0.05, 0) is 24.3 Å². The Morgan fingerprint density at radius 3 is 1.83 bits per heavy atom. The number of hydrogen-bond acceptors (Lipinski definition) is 5. The van der Waals surface area contributed by atoms with Crippen molar-refractivity contribution in [3.8, 4) is 23.0 Å². The number of carbonyl (C=O) groups is 2. The van der Waals surface area contributed by atoms with Crippen molar-refractivity contribution in [2.45, 2.75) is 13.8 Å². The Kier molecular flexibility index (Phi) is 9.03. The van der Waals surface area contributed by atoms with Gasteiger partial charge < -0.3 is 25.2 Å². The fourth-order valence-electron chi connectivity index (χ4n) is 1.20. The summed E-state index contributed by atoms with van der Waals surface area (Å²) in [5.41, 5.74) is 0. The molecule has 0 heterocycles. The molecule has 0 atom stereocenters. The molecule has 4 N–H and O–H groups in total. The van der Waals surface area contributed by atoms with E-state index < -0.39 is 11.9 Å². The summed E-state index contributed by atoms with van der Waals surface area (Å²) in [7, 11) is 0. The molecule has 0 saturated carbocycles. The first kappa shape index (κ1) is 19.8. The average Bonchev–Trinajstić information content (AvgIpc) is 2.43. The van der Waals surface area contributed by atoms with Crippen molar-refractivity contribution in [2.75, 3.05) is 0 Å². The lowest BCUT2D eigenvalue weighted by Crippen LogP contribution is -1.83. The molecule has 0 bridgehead atoms. The fourth-order valence-corrected chi connectivity index (χ4v) is 1.20. The van der Waals surface area contributed by atoms with Gasteiger partial charge in [0.1, 0.15) is 11.5 Å². The zero-order valence-corrected chi connectivity index (χ0v) is 12.6. The van der Waals surface area contributed by atoms with Crippen molar-refractivity contribution in [1.29, 1.82) is 0 Å². The van der Waals surface area contributed by atoms with Gasteiger partial charge in [-0.15, -0.1) is 0 Å². The third-order valence-corrected chi connectivity index (χ3v) is 1.91. The van der Waals surface area contributed by atoms with Gasteiger partial charge in [0.2, 0.25) is 0 Å². The number of rotatable bonds is 2. The van der Waals surface area contributed by atoms with Crippen LogP contribution in [-0.2, 0) is 9.59 Å². The normalized spacial score (nSPS) is 8.61. The SMILES string of the molecule is CC(=O)O.CC(=O)O.Oc1ccc(O)c(Oc2ccccc2)c1. The van der Waals surface area contributed by atoms with Crippen LogP contribution in [0.5, 0.6) is 23.0 Å². The largest absolute Gasteiger partial charge is 0.508 e. The molecule has 0 fully saturated rings. The molecule has 23 heavy (non-hydrogen) atoms. The predicted molar refractivity (Wildman–Crippen MR) is 82.9 cm³/mol. The zero-order valence-electron chi connectivity index (χ0n) is 12.6. The van der Waals surface area contributed by atoms with Gasteiger partial charge in [-0.2, -0.15) is 0 Å². The van der Waals surface area contributed by atoms with E-state index in [-0.39, 0.29) is 17.2 Å². The van der Waals surface area contributed by atoms with Crippen LogP contribution >= 0.6 is 0 Å². The van der Waals surface area contributed by atoms with E-state index in [4.69, 9.17) is 24.5 Å². The van der Waals surface area contributed by atoms with Crippen molar-refractivity contribution < 1.29 is 34.8 Å². The van der Waals surface area contributed by atoms with Gasteiger partial charge in [0.15, 0.2) is 11.5 Å². The number of phenols is 2. The smallest absolute Gasteiger partial charge is 0.300 e. The summed E-state index contributed by atoms with van der Waals surface area (Å²) in [6.07, 6.45) is 0. The van der Waals surface area contributed by atoms with Crippen molar-refractivity contribution >= 4 is 11.9 Å². The van der Waals surface area contributed by atoms with Crippen LogP contribution in [0.15, 0.2) is 48.5 Å². The van der Waals surface area contributed by atoms with Crippen LogP contribution < -0.4 is 4.74 Å². The number of para-hydroxylation sites is 1. The molecule has 0 aliphatic heterocycles. The Morgan fingerprint density at radius 1 is 0.870 bits per heavy atom. The first-order valence-corrected chi connectivity index (χ1v) is 6.36. The highest BCUT2D eigenvalue weighted by molar-refractivity contribution is 5.63. The van der Waals surface area contributed by atoms with Gasteiger partial charge in [-0.25, -0.2) is 0 Å². The standard InChI is InChI=1S/C12H10O3.2C2H4O2/c13-9-6-7-11(14)12(8-9)15-10-4-2-1-3-5-10;2*1-2(3)4/h1-8,13-14H;2*1H3,(H,3,4). The van der Waals surface area contributed by atoms with E-state index in [9.17, 15) is 10.2 Å². The highest BCUT2D eigenvalue weighted by atomic mass is 16.5. The van der Waals surface area contributed by atoms with Crippen LogP contribution in [0.2, 0.25) is 0 Å². The van der Waals surface area contributed by atoms with Gasteiger partial charge in [0, 0.05) is 19.9 Å². The predicted octanol–water partition coefficient (Wildman–Crippen LogP) is 3.07. The summed E-state index contributed by atoms with van der Waals surface area (Å²) in [6, 6.07) is 13.2. The summed E-state index contributed by atoms with van der Waals surface area (Å²) in [4.78, 5) is 18.0. The lowest BCUT2D eigenvalue weighted by Gasteiger charge is -2.07.